The van der Waals surface area contributed by atoms with E-state index in [1.54, 1.807) is 30.3 Å². The number of sulfone groups is 1. The number of hydrogen-bond acceptors (Lipinski definition) is 7. The molecule has 166 valence electrons. The van der Waals surface area contributed by atoms with E-state index in [1.807, 2.05) is 6.92 Å². The van der Waals surface area contributed by atoms with E-state index >= 15 is 0 Å². The second-order valence-electron chi connectivity index (χ2n) is 8.21. The highest BCUT2D eigenvalue weighted by atomic mass is 32.2. The van der Waals surface area contributed by atoms with Crippen molar-refractivity contribution in [2.75, 3.05) is 24.3 Å². The molecular weight excluding hydrogens is 418 g/mol. The first-order valence-corrected chi connectivity index (χ1v) is 11.9. The lowest BCUT2D eigenvalue weighted by molar-refractivity contribution is 0.254. The molecule has 2 aliphatic carbocycles. The van der Waals surface area contributed by atoms with Crippen LogP contribution in [-0.4, -0.2) is 54.5 Å². The second-order valence-corrected chi connectivity index (χ2v) is 10.7. The van der Waals surface area contributed by atoms with Crippen LogP contribution in [0, 0.1) is 0 Å². The van der Waals surface area contributed by atoms with E-state index in [0.717, 1.165) is 0 Å². The van der Waals surface area contributed by atoms with Crippen molar-refractivity contribution in [1.29, 1.82) is 0 Å². The van der Waals surface area contributed by atoms with Gasteiger partial charge >= 0.3 is 6.03 Å². The molecule has 2 fully saturated rings. The van der Waals surface area contributed by atoms with Crippen LogP contribution in [0.15, 0.2) is 30.3 Å². The first-order chi connectivity index (χ1) is 14.8. The van der Waals surface area contributed by atoms with Crippen molar-refractivity contribution in [2.45, 2.75) is 48.6 Å². The zero-order valence-corrected chi connectivity index (χ0v) is 18.4. The Hall–Kier alpha value is -2.72. The van der Waals surface area contributed by atoms with E-state index in [-0.39, 0.29) is 23.9 Å². The van der Waals surface area contributed by atoms with E-state index < -0.39 is 14.6 Å². The highest BCUT2D eigenvalue weighted by Gasteiger charge is 2.61. The number of aliphatic hydroxyl groups excluding tert-OH is 1. The summed E-state index contributed by atoms with van der Waals surface area (Å²) in [5, 5.41) is 17.5. The number of aromatic nitrogens is 2. The van der Waals surface area contributed by atoms with Gasteiger partial charge in [0.25, 0.3) is 0 Å². The number of benzene rings is 1. The van der Waals surface area contributed by atoms with Crippen LogP contribution in [0.1, 0.15) is 38.3 Å². The fraction of sp³-hybridized carbons (Fsp3) is 0.476. The summed E-state index contributed by atoms with van der Waals surface area (Å²) in [4.78, 5) is 20.7. The summed E-state index contributed by atoms with van der Waals surface area (Å²) >= 11 is 0. The molecule has 1 heterocycles. The van der Waals surface area contributed by atoms with Crippen molar-refractivity contribution >= 4 is 27.4 Å². The predicted octanol–water partition coefficient (Wildman–Crippen LogP) is 2.25. The maximum Gasteiger partial charge on any atom is 0.318 e. The molecule has 4 N–H and O–H groups in total. The van der Waals surface area contributed by atoms with Gasteiger partial charge in [0.1, 0.15) is 10.6 Å². The topological polar surface area (TPSA) is 133 Å². The van der Waals surface area contributed by atoms with Gasteiger partial charge in [-0.25, -0.2) is 23.2 Å². The van der Waals surface area contributed by atoms with Crippen LogP contribution in [0.3, 0.4) is 0 Å². The van der Waals surface area contributed by atoms with Crippen LogP contribution in [0.2, 0.25) is 0 Å². The fourth-order valence-electron chi connectivity index (χ4n) is 3.58. The minimum atomic E-state index is -3.30. The Kier molecular flexibility index (Phi) is 5.61. The third kappa shape index (κ3) is 4.22. The fourth-order valence-corrected chi connectivity index (χ4v) is 6.04. The standard InChI is InChI=1S/C21H27N5O4S/c1-13(12-27)23-18-11-17(21(9-10-21)31(29,30)16-7-8-16)25-19(26-18)14-3-5-15(6-4-14)24-20(28)22-2/h3-6,11,13,16,27H,7-10,12H2,1-2H3,(H2,22,24,28)(H,23,25,26)/t13-/m0/s1. The summed E-state index contributed by atoms with van der Waals surface area (Å²) in [6.07, 6.45) is 2.56. The average Bonchev–Trinajstić information content (AvgIpc) is 3.65. The highest BCUT2D eigenvalue weighted by molar-refractivity contribution is 7.93. The van der Waals surface area contributed by atoms with E-state index in [9.17, 15) is 18.3 Å². The third-order valence-corrected chi connectivity index (χ3v) is 8.76. The largest absolute Gasteiger partial charge is 0.394 e. The molecule has 0 unspecified atom stereocenters. The van der Waals surface area contributed by atoms with Gasteiger partial charge in [-0.15, -0.1) is 0 Å². The summed E-state index contributed by atoms with van der Waals surface area (Å²) in [7, 11) is -1.77. The van der Waals surface area contributed by atoms with Gasteiger partial charge in [0.2, 0.25) is 0 Å². The minimum Gasteiger partial charge on any atom is -0.394 e. The van der Waals surface area contributed by atoms with Crippen LogP contribution in [0.5, 0.6) is 0 Å². The van der Waals surface area contributed by atoms with Crippen LogP contribution in [0.25, 0.3) is 11.4 Å². The summed E-state index contributed by atoms with van der Waals surface area (Å²) in [6.45, 7) is 1.73. The number of nitrogens with one attached hydrogen (secondary N) is 3. The molecule has 0 saturated heterocycles. The molecule has 0 bridgehead atoms. The Balaban J connectivity index is 1.71. The van der Waals surface area contributed by atoms with Crippen LogP contribution in [0.4, 0.5) is 16.3 Å². The molecule has 1 aromatic heterocycles. The Morgan fingerprint density at radius 1 is 1.23 bits per heavy atom. The minimum absolute atomic E-state index is 0.0833. The smallest absolute Gasteiger partial charge is 0.318 e. The number of urea groups is 1. The predicted molar refractivity (Wildman–Crippen MR) is 119 cm³/mol. The SMILES string of the molecule is CNC(=O)Nc1ccc(-c2nc(N[C@@H](C)CO)cc(C3(S(=O)(=O)C4CC4)CC3)n2)cc1. The van der Waals surface area contributed by atoms with Crippen LogP contribution >= 0.6 is 0 Å². The molecule has 0 aliphatic heterocycles. The van der Waals surface area contributed by atoms with Crippen molar-refractivity contribution in [1.82, 2.24) is 15.3 Å². The lowest BCUT2D eigenvalue weighted by atomic mass is 10.1. The van der Waals surface area contributed by atoms with Gasteiger partial charge in [0.15, 0.2) is 15.7 Å². The number of carbonyl (C=O) groups excluding carboxylic acids is 1. The number of hydrogen-bond donors (Lipinski definition) is 4. The van der Waals surface area contributed by atoms with Crippen molar-refractivity contribution in [3.05, 3.63) is 36.0 Å². The molecule has 9 nitrogen and oxygen atoms in total. The average molecular weight is 446 g/mol. The van der Waals surface area contributed by atoms with Crippen molar-refractivity contribution in [3.63, 3.8) is 0 Å². The lowest BCUT2D eigenvalue weighted by Crippen LogP contribution is -2.27. The van der Waals surface area contributed by atoms with E-state index in [0.29, 0.717) is 54.3 Å². The maximum absolute atomic E-state index is 13.1. The highest BCUT2D eigenvalue weighted by Crippen LogP contribution is 2.57. The van der Waals surface area contributed by atoms with Crippen LogP contribution < -0.4 is 16.0 Å². The van der Waals surface area contributed by atoms with E-state index in [4.69, 9.17) is 0 Å². The third-order valence-electron chi connectivity index (χ3n) is 5.70. The number of anilines is 2. The van der Waals surface area contributed by atoms with Crippen molar-refractivity contribution in [2.24, 2.45) is 0 Å². The Labute approximate surface area is 181 Å². The Morgan fingerprint density at radius 2 is 1.90 bits per heavy atom. The van der Waals surface area contributed by atoms with Gasteiger partial charge in [-0.05, 0) is 56.9 Å². The number of aliphatic hydroxyl groups is 1. The van der Waals surface area contributed by atoms with Gasteiger partial charge in [0, 0.05) is 30.4 Å². The Morgan fingerprint density at radius 3 is 2.45 bits per heavy atom. The van der Waals surface area contributed by atoms with Gasteiger partial charge in [-0.3, -0.25) is 0 Å². The van der Waals surface area contributed by atoms with Crippen LogP contribution in [-0.2, 0) is 14.6 Å². The molecule has 0 spiro atoms. The zero-order chi connectivity index (χ0) is 22.2. The van der Waals surface area contributed by atoms with E-state index in [2.05, 4.69) is 25.9 Å². The molecule has 2 aliphatic rings. The van der Waals surface area contributed by atoms with Gasteiger partial charge < -0.3 is 21.1 Å². The first kappa shape index (κ1) is 21.5. The first-order valence-electron chi connectivity index (χ1n) is 10.4. The monoisotopic (exact) mass is 445 g/mol. The molecule has 2 aromatic rings. The van der Waals surface area contributed by atoms with Gasteiger partial charge in [-0.1, -0.05) is 0 Å². The number of carbonyl (C=O) groups is 1. The lowest BCUT2D eigenvalue weighted by Gasteiger charge is -2.19. The molecule has 1 aromatic carbocycles. The molecule has 31 heavy (non-hydrogen) atoms. The maximum atomic E-state index is 13.1. The molecular formula is C21H27N5O4S. The number of nitrogens with zero attached hydrogens (tertiary/aromatic N) is 2. The molecule has 0 radical (unpaired) electrons. The summed E-state index contributed by atoms with van der Waals surface area (Å²) < 4.78 is 25.3. The summed E-state index contributed by atoms with van der Waals surface area (Å²) in [6, 6.07) is 8.15. The molecule has 1 atom stereocenters. The molecule has 2 saturated carbocycles. The van der Waals surface area contributed by atoms with Gasteiger partial charge in [0.05, 0.1) is 17.6 Å². The summed E-state index contributed by atoms with van der Waals surface area (Å²) in [5.41, 5.74) is 1.81. The quantitative estimate of drug-likeness (QED) is 0.490. The second kappa shape index (κ2) is 8.08. The Bertz CT molecular complexity index is 1080. The molecule has 4 rings (SSSR count). The molecule has 10 heteroatoms. The normalized spacial score (nSPS) is 18.2. The zero-order valence-electron chi connectivity index (χ0n) is 17.6. The summed E-state index contributed by atoms with van der Waals surface area (Å²) in [5.74, 6) is 0.875. The number of amides is 2. The van der Waals surface area contributed by atoms with Gasteiger partial charge in [-0.2, -0.15) is 0 Å². The van der Waals surface area contributed by atoms with Crippen molar-refractivity contribution in [3.8, 4) is 11.4 Å². The number of rotatable bonds is 8. The van der Waals surface area contributed by atoms with E-state index in [1.165, 1.54) is 7.05 Å². The molecule has 2 amide bonds. The van der Waals surface area contributed by atoms with Crippen molar-refractivity contribution < 1.29 is 18.3 Å².